The van der Waals surface area contributed by atoms with Crippen LogP contribution >= 0.6 is 0 Å². The third kappa shape index (κ3) is 2.87. The Hall–Kier alpha value is -2.40. The van der Waals surface area contributed by atoms with Gasteiger partial charge in [0.1, 0.15) is 11.5 Å². The lowest BCUT2D eigenvalue weighted by atomic mass is 9.89. The van der Waals surface area contributed by atoms with Gasteiger partial charge >= 0.3 is 0 Å². The highest BCUT2D eigenvalue weighted by Crippen LogP contribution is 2.40. The number of hydrogen-bond donors (Lipinski definition) is 1. The number of methoxy groups -OCH3 is 4. The summed E-state index contributed by atoms with van der Waals surface area (Å²) in [5, 5.41) is 3.57. The molecule has 1 atom stereocenters. The highest BCUT2D eigenvalue weighted by atomic mass is 16.5. The largest absolute Gasteiger partial charge is 0.497 e. The highest BCUT2D eigenvalue weighted by molar-refractivity contribution is 5.54. The minimum absolute atomic E-state index is 0.0126. The van der Waals surface area contributed by atoms with Crippen LogP contribution in [0.25, 0.3) is 0 Å². The van der Waals surface area contributed by atoms with Crippen molar-refractivity contribution in [3.63, 3.8) is 0 Å². The van der Waals surface area contributed by atoms with E-state index in [9.17, 15) is 0 Å². The van der Waals surface area contributed by atoms with E-state index in [0.717, 1.165) is 41.5 Å². The fourth-order valence-electron chi connectivity index (χ4n) is 3.23. The summed E-state index contributed by atoms with van der Waals surface area (Å²) in [6.07, 6.45) is 0.943. The molecule has 5 nitrogen and oxygen atoms in total. The first kappa shape index (κ1) is 16.5. The van der Waals surface area contributed by atoms with E-state index in [1.807, 2.05) is 24.3 Å². The SMILES string of the molecule is COc1ccc(OC)c(C2NCCc3cc(OC)c(OC)cc32)c1. The van der Waals surface area contributed by atoms with Crippen LogP contribution in [-0.2, 0) is 6.42 Å². The van der Waals surface area contributed by atoms with E-state index in [0.29, 0.717) is 0 Å². The molecule has 0 radical (unpaired) electrons. The number of hydrogen-bond acceptors (Lipinski definition) is 5. The van der Waals surface area contributed by atoms with Crippen LogP contribution in [0.15, 0.2) is 30.3 Å². The molecule has 0 fully saturated rings. The molecule has 3 rings (SSSR count). The Bertz CT molecular complexity index is 730. The smallest absolute Gasteiger partial charge is 0.161 e. The number of benzene rings is 2. The van der Waals surface area contributed by atoms with Gasteiger partial charge in [0, 0.05) is 12.1 Å². The van der Waals surface area contributed by atoms with Crippen molar-refractivity contribution in [2.24, 2.45) is 0 Å². The number of fused-ring (bicyclic) bond motifs is 1. The van der Waals surface area contributed by atoms with Crippen LogP contribution in [0.4, 0.5) is 0 Å². The molecule has 2 aromatic rings. The molecular formula is C19H23NO4. The number of rotatable bonds is 5. The van der Waals surface area contributed by atoms with Crippen molar-refractivity contribution in [3.05, 3.63) is 47.0 Å². The average molecular weight is 329 g/mol. The first-order valence-electron chi connectivity index (χ1n) is 7.92. The van der Waals surface area contributed by atoms with Crippen LogP contribution in [-0.4, -0.2) is 35.0 Å². The predicted octanol–water partition coefficient (Wildman–Crippen LogP) is 2.96. The lowest BCUT2D eigenvalue weighted by Gasteiger charge is -2.29. The average Bonchev–Trinajstić information content (AvgIpc) is 2.65. The molecule has 1 aliphatic rings. The van der Waals surface area contributed by atoms with Crippen molar-refractivity contribution in [2.45, 2.75) is 12.5 Å². The summed E-state index contributed by atoms with van der Waals surface area (Å²) in [6.45, 7) is 0.882. The zero-order chi connectivity index (χ0) is 17.1. The Morgan fingerprint density at radius 2 is 1.50 bits per heavy atom. The van der Waals surface area contributed by atoms with E-state index in [1.165, 1.54) is 11.1 Å². The molecular weight excluding hydrogens is 306 g/mol. The monoisotopic (exact) mass is 329 g/mol. The summed E-state index contributed by atoms with van der Waals surface area (Å²) in [6, 6.07) is 9.98. The minimum atomic E-state index is 0.0126. The normalized spacial score (nSPS) is 16.2. The van der Waals surface area contributed by atoms with Gasteiger partial charge in [-0.15, -0.1) is 0 Å². The van der Waals surface area contributed by atoms with Crippen LogP contribution in [0.1, 0.15) is 22.7 Å². The predicted molar refractivity (Wildman–Crippen MR) is 92.6 cm³/mol. The van der Waals surface area contributed by atoms with Crippen molar-refractivity contribution in [3.8, 4) is 23.0 Å². The maximum absolute atomic E-state index is 5.56. The first-order chi connectivity index (χ1) is 11.7. The lowest BCUT2D eigenvalue weighted by molar-refractivity contribution is 0.352. The highest BCUT2D eigenvalue weighted by Gasteiger charge is 2.26. The third-order valence-corrected chi connectivity index (χ3v) is 4.45. The van der Waals surface area contributed by atoms with E-state index >= 15 is 0 Å². The van der Waals surface area contributed by atoms with E-state index in [1.54, 1.807) is 28.4 Å². The van der Waals surface area contributed by atoms with Crippen molar-refractivity contribution >= 4 is 0 Å². The Morgan fingerprint density at radius 1 is 0.792 bits per heavy atom. The van der Waals surface area contributed by atoms with Gasteiger partial charge in [0.25, 0.3) is 0 Å². The maximum Gasteiger partial charge on any atom is 0.161 e. The van der Waals surface area contributed by atoms with Gasteiger partial charge < -0.3 is 24.3 Å². The van der Waals surface area contributed by atoms with Gasteiger partial charge in [-0.2, -0.15) is 0 Å². The van der Waals surface area contributed by atoms with Crippen LogP contribution in [0.2, 0.25) is 0 Å². The standard InChI is InChI=1S/C19H23NO4/c1-21-13-5-6-16(22-2)15(10-13)19-14-11-18(24-4)17(23-3)9-12(14)7-8-20-19/h5-6,9-11,19-20H,7-8H2,1-4H3. The zero-order valence-corrected chi connectivity index (χ0v) is 14.5. The van der Waals surface area contributed by atoms with Crippen molar-refractivity contribution in [1.82, 2.24) is 5.32 Å². The first-order valence-corrected chi connectivity index (χ1v) is 7.92. The van der Waals surface area contributed by atoms with Gasteiger partial charge in [0.05, 0.1) is 34.5 Å². The van der Waals surface area contributed by atoms with Crippen molar-refractivity contribution in [1.29, 1.82) is 0 Å². The molecule has 5 heteroatoms. The van der Waals surface area contributed by atoms with Gasteiger partial charge in [0.15, 0.2) is 11.5 Å². The summed E-state index contributed by atoms with van der Waals surface area (Å²) in [7, 11) is 6.67. The molecule has 1 aliphatic heterocycles. The molecule has 2 aromatic carbocycles. The van der Waals surface area contributed by atoms with E-state index in [4.69, 9.17) is 18.9 Å². The number of nitrogens with one attached hydrogen (secondary N) is 1. The van der Waals surface area contributed by atoms with E-state index in [-0.39, 0.29) is 6.04 Å². The van der Waals surface area contributed by atoms with E-state index < -0.39 is 0 Å². The number of ether oxygens (including phenoxy) is 4. The van der Waals surface area contributed by atoms with Crippen LogP contribution in [0.3, 0.4) is 0 Å². The van der Waals surface area contributed by atoms with Gasteiger partial charge in [-0.05, 0) is 47.9 Å². The molecule has 1 unspecified atom stereocenters. The van der Waals surface area contributed by atoms with Crippen LogP contribution < -0.4 is 24.3 Å². The quantitative estimate of drug-likeness (QED) is 0.914. The molecule has 24 heavy (non-hydrogen) atoms. The molecule has 0 aromatic heterocycles. The molecule has 0 amide bonds. The van der Waals surface area contributed by atoms with Crippen LogP contribution in [0.5, 0.6) is 23.0 Å². The summed E-state index contributed by atoms with van der Waals surface area (Å²) in [5.74, 6) is 3.12. The van der Waals surface area contributed by atoms with Gasteiger partial charge in [-0.25, -0.2) is 0 Å². The molecule has 0 spiro atoms. The molecule has 0 aliphatic carbocycles. The Kier molecular flexibility index (Phi) is 4.81. The molecule has 1 heterocycles. The Labute approximate surface area is 142 Å². The molecule has 0 saturated heterocycles. The molecule has 1 N–H and O–H groups in total. The zero-order valence-electron chi connectivity index (χ0n) is 14.5. The summed E-state index contributed by atoms with van der Waals surface area (Å²) in [5.41, 5.74) is 3.47. The Balaban J connectivity index is 2.13. The minimum Gasteiger partial charge on any atom is -0.497 e. The summed E-state index contributed by atoms with van der Waals surface area (Å²) < 4.78 is 21.9. The topological polar surface area (TPSA) is 49.0 Å². The summed E-state index contributed by atoms with van der Waals surface area (Å²) >= 11 is 0. The summed E-state index contributed by atoms with van der Waals surface area (Å²) in [4.78, 5) is 0. The van der Waals surface area contributed by atoms with Crippen LogP contribution in [0, 0.1) is 0 Å². The third-order valence-electron chi connectivity index (χ3n) is 4.45. The molecule has 0 bridgehead atoms. The second-order valence-corrected chi connectivity index (χ2v) is 5.65. The second-order valence-electron chi connectivity index (χ2n) is 5.65. The van der Waals surface area contributed by atoms with E-state index in [2.05, 4.69) is 11.4 Å². The van der Waals surface area contributed by atoms with Crippen molar-refractivity contribution < 1.29 is 18.9 Å². The second kappa shape index (κ2) is 7.01. The molecule has 0 saturated carbocycles. The van der Waals surface area contributed by atoms with Gasteiger partial charge in [-0.1, -0.05) is 0 Å². The fraction of sp³-hybridized carbons (Fsp3) is 0.368. The lowest BCUT2D eigenvalue weighted by Crippen LogP contribution is -2.31. The fourth-order valence-corrected chi connectivity index (χ4v) is 3.23. The Morgan fingerprint density at radius 3 is 2.17 bits per heavy atom. The maximum atomic E-state index is 5.56. The van der Waals surface area contributed by atoms with Gasteiger partial charge in [0.2, 0.25) is 0 Å². The van der Waals surface area contributed by atoms with Gasteiger partial charge in [-0.3, -0.25) is 0 Å². The molecule has 128 valence electrons. The van der Waals surface area contributed by atoms with Crippen molar-refractivity contribution in [2.75, 3.05) is 35.0 Å².